The van der Waals surface area contributed by atoms with Gasteiger partial charge in [-0.1, -0.05) is 0 Å². The van der Waals surface area contributed by atoms with Gasteiger partial charge >= 0.3 is 0 Å². The van der Waals surface area contributed by atoms with Gasteiger partial charge in [-0.15, -0.1) is 11.6 Å². The average Bonchev–Trinajstić information content (AvgIpc) is 2.20. The number of hydrogen-bond donors (Lipinski definition) is 1. The third kappa shape index (κ3) is 2.60. The van der Waals surface area contributed by atoms with Crippen molar-refractivity contribution >= 4 is 23.2 Å². The zero-order valence-corrected chi connectivity index (χ0v) is 8.27. The number of anilines is 1. The minimum atomic E-state index is -0.476. The van der Waals surface area contributed by atoms with E-state index < -0.39 is 5.82 Å². The average molecular weight is 218 g/mol. The second-order valence-electron chi connectivity index (χ2n) is 2.53. The molecule has 1 N–H and O–H groups in total. The predicted molar refractivity (Wildman–Crippen MR) is 52.3 cm³/mol. The van der Waals surface area contributed by atoms with Crippen LogP contribution in [0.4, 0.5) is 10.1 Å². The van der Waals surface area contributed by atoms with Crippen molar-refractivity contribution in [2.45, 2.75) is 0 Å². The van der Waals surface area contributed by atoms with Crippen LogP contribution < -0.4 is 10.1 Å². The molecule has 0 aromatic heterocycles. The summed E-state index contributed by atoms with van der Waals surface area (Å²) < 4.78 is 17.7. The van der Waals surface area contributed by atoms with E-state index in [1.54, 1.807) is 0 Å². The summed E-state index contributed by atoms with van der Waals surface area (Å²) >= 11 is 5.29. The van der Waals surface area contributed by atoms with E-state index in [0.29, 0.717) is 5.69 Å². The Labute approximate surface area is 85.8 Å². The summed E-state index contributed by atoms with van der Waals surface area (Å²) in [6, 6.07) is 4.03. The van der Waals surface area contributed by atoms with Gasteiger partial charge in [-0.05, 0) is 12.1 Å². The quantitative estimate of drug-likeness (QED) is 0.787. The van der Waals surface area contributed by atoms with E-state index in [4.69, 9.17) is 16.3 Å². The number of methoxy groups -OCH3 is 1. The highest BCUT2D eigenvalue weighted by Crippen LogP contribution is 2.21. The Balaban J connectivity index is 2.84. The number of nitrogens with one attached hydrogen (secondary N) is 1. The zero-order chi connectivity index (χ0) is 10.6. The van der Waals surface area contributed by atoms with Crippen LogP contribution in [0.2, 0.25) is 0 Å². The zero-order valence-electron chi connectivity index (χ0n) is 7.51. The molecule has 0 spiro atoms. The van der Waals surface area contributed by atoms with Gasteiger partial charge in [-0.25, -0.2) is 4.39 Å². The summed E-state index contributed by atoms with van der Waals surface area (Å²) in [5.41, 5.74) is 0.453. The topological polar surface area (TPSA) is 38.3 Å². The first-order valence-corrected chi connectivity index (χ1v) is 4.40. The molecule has 0 aliphatic carbocycles. The van der Waals surface area contributed by atoms with Crippen LogP contribution >= 0.6 is 11.6 Å². The summed E-state index contributed by atoms with van der Waals surface area (Å²) in [6.07, 6.45) is 0. The van der Waals surface area contributed by atoms with Crippen LogP contribution in [0.1, 0.15) is 0 Å². The van der Waals surface area contributed by atoms with Crippen LogP contribution in [0.25, 0.3) is 0 Å². The molecule has 0 saturated carbocycles. The summed E-state index contributed by atoms with van der Waals surface area (Å²) in [7, 11) is 1.35. The van der Waals surface area contributed by atoms with E-state index in [1.165, 1.54) is 25.3 Å². The third-order valence-corrected chi connectivity index (χ3v) is 1.80. The number of amides is 1. The number of halogens is 2. The number of carbonyl (C=O) groups is 1. The Hall–Kier alpha value is -1.29. The third-order valence-electron chi connectivity index (χ3n) is 1.56. The highest BCUT2D eigenvalue weighted by Gasteiger charge is 2.05. The van der Waals surface area contributed by atoms with Gasteiger partial charge in [0.15, 0.2) is 11.6 Å². The predicted octanol–water partition coefficient (Wildman–Crippen LogP) is 2.01. The number of benzene rings is 1. The molecule has 1 rings (SSSR count). The fourth-order valence-electron chi connectivity index (χ4n) is 0.932. The highest BCUT2D eigenvalue weighted by molar-refractivity contribution is 6.29. The minimum Gasteiger partial charge on any atom is -0.494 e. The van der Waals surface area contributed by atoms with E-state index in [1.807, 2.05) is 0 Å². The molecule has 76 valence electrons. The molecule has 0 heterocycles. The van der Waals surface area contributed by atoms with Crippen LogP contribution in [-0.2, 0) is 4.79 Å². The van der Waals surface area contributed by atoms with Crippen molar-refractivity contribution in [3.8, 4) is 5.75 Å². The first-order chi connectivity index (χ1) is 6.67. The fourth-order valence-corrected chi connectivity index (χ4v) is 0.999. The molecule has 14 heavy (non-hydrogen) atoms. The maximum Gasteiger partial charge on any atom is 0.239 e. The number of alkyl halides is 1. The van der Waals surface area contributed by atoms with Gasteiger partial charge < -0.3 is 10.1 Å². The van der Waals surface area contributed by atoms with Gasteiger partial charge in [-0.3, -0.25) is 4.79 Å². The Bertz CT molecular complexity index is 344. The standard InChI is InChI=1S/C9H9ClFNO2/c1-14-8-4-6(2-3-7(8)11)12-9(13)5-10/h2-4H,5H2,1H3,(H,12,13). The smallest absolute Gasteiger partial charge is 0.239 e. The van der Waals surface area contributed by atoms with Crippen LogP contribution in [-0.4, -0.2) is 18.9 Å². The lowest BCUT2D eigenvalue weighted by Gasteiger charge is -2.06. The van der Waals surface area contributed by atoms with E-state index in [-0.39, 0.29) is 17.5 Å². The van der Waals surface area contributed by atoms with Crippen molar-refractivity contribution in [2.24, 2.45) is 0 Å². The molecule has 0 aliphatic rings. The largest absolute Gasteiger partial charge is 0.494 e. The number of carbonyl (C=O) groups excluding carboxylic acids is 1. The molecule has 0 unspecified atom stereocenters. The molecule has 3 nitrogen and oxygen atoms in total. The first kappa shape index (κ1) is 10.8. The normalized spacial score (nSPS) is 9.64. The Morgan fingerprint density at radius 1 is 1.64 bits per heavy atom. The van der Waals surface area contributed by atoms with E-state index in [2.05, 4.69) is 5.32 Å². The van der Waals surface area contributed by atoms with Crippen molar-refractivity contribution in [1.82, 2.24) is 0 Å². The molecular formula is C9H9ClFNO2. The van der Waals surface area contributed by atoms with Gasteiger partial charge in [0.2, 0.25) is 5.91 Å². The van der Waals surface area contributed by atoms with Crippen LogP contribution in [0, 0.1) is 5.82 Å². The Morgan fingerprint density at radius 3 is 2.93 bits per heavy atom. The fraction of sp³-hybridized carbons (Fsp3) is 0.222. The second-order valence-corrected chi connectivity index (χ2v) is 2.80. The Kier molecular flexibility index (Phi) is 3.71. The number of hydrogen-bond acceptors (Lipinski definition) is 2. The monoisotopic (exact) mass is 217 g/mol. The minimum absolute atomic E-state index is 0.0809. The van der Waals surface area contributed by atoms with Crippen molar-refractivity contribution in [1.29, 1.82) is 0 Å². The maximum absolute atomic E-state index is 12.9. The van der Waals surface area contributed by atoms with Gasteiger partial charge in [0.1, 0.15) is 5.88 Å². The van der Waals surface area contributed by atoms with E-state index >= 15 is 0 Å². The highest BCUT2D eigenvalue weighted by atomic mass is 35.5. The maximum atomic E-state index is 12.9. The molecule has 0 bridgehead atoms. The molecule has 0 fully saturated rings. The Morgan fingerprint density at radius 2 is 2.36 bits per heavy atom. The lowest BCUT2D eigenvalue weighted by Crippen LogP contribution is -2.12. The molecule has 0 radical (unpaired) electrons. The first-order valence-electron chi connectivity index (χ1n) is 3.86. The summed E-state index contributed by atoms with van der Waals surface area (Å²) in [4.78, 5) is 10.9. The summed E-state index contributed by atoms with van der Waals surface area (Å²) in [5.74, 6) is -0.881. The number of ether oxygens (including phenoxy) is 1. The van der Waals surface area contributed by atoms with Gasteiger partial charge in [-0.2, -0.15) is 0 Å². The summed E-state index contributed by atoms with van der Waals surface area (Å²) in [5, 5.41) is 2.48. The summed E-state index contributed by atoms with van der Waals surface area (Å²) in [6.45, 7) is 0. The van der Waals surface area contributed by atoms with Crippen molar-refractivity contribution < 1.29 is 13.9 Å². The van der Waals surface area contributed by atoms with Gasteiger partial charge in [0.05, 0.1) is 7.11 Å². The molecular weight excluding hydrogens is 209 g/mol. The molecule has 1 aromatic rings. The molecule has 0 atom stereocenters. The van der Waals surface area contributed by atoms with Gasteiger partial charge in [0.25, 0.3) is 0 Å². The van der Waals surface area contributed by atoms with Crippen molar-refractivity contribution in [3.05, 3.63) is 24.0 Å². The molecule has 0 saturated heterocycles. The van der Waals surface area contributed by atoms with Gasteiger partial charge in [0, 0.05) is 11.8 Å². The molecule has 1 aromatic carbocycles. The molecule has 1 amide bonds. The SMILES string of the molecule is COc1cc(NC(=O)CCl)ccc1F. The second kappa shape index (κ2) is 4.81. The lowest BCUT2D eigenvalue weighted by atomic mass is 10.3. The van der Waals surface area contributed by atoms with Crippen molar-refractivity contribution in [3.63, 3.8) is 0 Å². The van der Waals surface area contributed by atoms with E-state index in [0.717, 1.165) is 0 Å². The van der Waals surface area contributed by atoms with Crippen LogP contribution in [0.5, 0.6) is 5.75 Å². The molecule has 5 heteroatoms. The molecule has 0 aliphatic heterocycles. The van der Waals surface area contributed by atoms with Crippen molar-refractivity contribution in [2.75, 3.05) is 18.3 Å². The lowest BCUT2D eigenvalue weighted by molar-refractivity contribution is -0.113. The van der Waals surface area contributed by atoms with E-state index in [9.17, 15) is 9.18 Å². The number of rotatable bonds is 3. The van der Waals surface area contributed by atoms with Crippen LogP contribution in [0.3, 0.4) is 0 Å². The van der Waals surface area contributed by atoms with Crippen LogP contribution in [0.15, 0.2) is 18.2 Å².